The lowest BCUT2D eigenvalue weighted by atomic mass is 9.94. The van der Waals surface area contributed by atoms with E-state index in [1.165, 1.54) is 12.1 Å². The SMILES string of the molecule is C=CC(=C)n1nc2c(c1NC(=O)NC1CN(CC(F)F)CC1c1ccc(F)cc1)CCC2. The first kappa shape index (κ1) is 22.1. The first-order chi connectivity index (χ1) is 15.4. The standard InChI is InChI=1S/C23H26F3N5O/c1-3-14(2)31-22(17-5-4-6-19(17)29-31)28-23(32)27-20-12-30(13-21(25)26)11-18(20)15-7-9-16(24)10-8-15/h3,7-10,18,20-21H,1-2,4-6,11-13H2,(H2,27,28,32). The van der Waals surface area contributed by atoms with Crippen LogP contribution in [0.2, 0.25) is 0 Å². The number of aromatic nitrogens is 2. The highest BCUT2D eigenvalue weighted by atomic mass is 19.3. The van der Waals surface area contributed by atoms with E-state index in [-0.39, 0.29) is 24.8 Å². The van der Waals surface area contributed by atoms with Crippen molar-refractivity contribution in [3.8, 4) is 0 Å². The molecule has 2 aromatic rings. The Morgan fingerprint density at radius 2 is 2.00 bits per heavy atom. The van der Waals surface area contributed by atoms with Crippen LogP contribution in [-0.4, -0.2) is 52.8 Å². The van der Waals surface area contributed by atoms with Gasteiger partial charge in [0.05, 0.1) is 24.0 Å². The zero-order chi connectivity index (χ0) is 22.8. The van der Waals surface area contributed by atoms with Gasteiger partial charge in [0.2, 0.25) is 0 Å². The van der Waals surface area contributed by atoms with E-state index in [0.717, 1.165) is 36.1 Å². The second-order valence-corrected chi connectivity index (χ2v) is 8.21. The van der Waals surface area contributed by atoms with Crippen LogP contribution in [0.3, 0.4) is 0 Å². The number of carbonyl (C=O) groups is 1. The molecule has 0 bridgehead atoms. The molecule has 1 fully saturated rings. The maximum atomic E-state index is 13.4. The van der Waals surface area contributed by atoms with Crippen molar-refractivity contribution in [2.45, 2.75) is 37.6 Å². The third-order valence-electron chi connectivity index (χ3n) is 6.05. The number of likely N-dealkylation sites (tertiary alicyclic amines) is 1. The molecular weight excluding hydrogens is 419 g/mol. The lowest BCUT2D eigenvalue weighted by molar-refractivity contribution is 0.0983. The van der Waals surface area contributed by atoms with Crippen molar-refractivity contribution in [3.05, 3.63) is 66.1 Å². The summed E-state index contributed by atoms with van der Waals surface area (Å²) in [6.07, 6.45) is 1.70. The van der Waals surface area contributed by atoms with Gasteiger partial charge in [-0.25, -0.2) is 22.6 Å². The Bertz CT molecular complexity index is 1020. The molecule has 2 atom stereocenters. The number of carbonyl (C=O) groups excluding carboxylic acids is 1. The number of fused-ring (bicyclic) bond motifs is 1. The summed E-state index contributed by atoms with van der Waals surface area (Å²) >= 11 is 0. The third-order valence-corrected chi connectivity index (χ3v) is 6.05. The molecule has 32 heavy (non-hydrogen) atoms. The predicted molar refractivity (Wildman–Crippen MR) is 117 cm³/mol. The lowest BCUT2D eigenvalue weighted by Gasteiger charge is -2.21. The first-order valence-electron chi connectivity index (χ1n) is 10.6. The summed E-state index contributed by atoms with van der Waals surface area (Å²) in [7, 11) is 0. The Kier molecular flexibility index (Phi) is 6.36. The van der Waals surface area contributed by atoms with Crippen LogP contribution in [0.15, 0.2) is 43.5 Å². The predicted octanol–water partition coefficient (Wildman–Crippen LogP) is 4.02. The van der Waals surface area contributed by atoms with Gasteiger partial charge in [0.25, 0.3) is 6.43 Å². The van der Waals surface area contributed by atoms with Crippen LogP contribution in [-0.2, 0) is 12.8 Å². The summed E-state index contributed by atoms with van der Waals surface area (Å²) in [5, 5.41) is 10.4. The maximum absolute atomic E-state index is 13.4. The van der Waals surface area contributed by atoms with Crippen LogP contribution >= 0.6 is 0 Å². The van der Waals surface area contributed by atoms with Gasteiger partial charge >= 0.3 is 6.03 Å². The number of benzene rings is 1. The topological polar surface area (TPSA) is 62.2 Å². The van der Waals surface area contributed by atoms with E-state index in [0.29, 0.717) is 18.1 Å². The van der Waals surface area contributed by atoms with Gasteiger partial charge in [-0.05, 0) is 43.0 Å². The molecule has 9 heteroatoms. The van der Waals surface area contributed by atoms with E-state index < -0.39 is 18.5 Å². The smallest absolute Gasteiger partial charge is 0.320 e. The van der Waals surface area contributed by atoms with E-state index in [1.807, 2.05) is 0 Å². The van der Waals surface area contributed by atoms with Gasteiger partial charge in [-0.1, -0.05) is 25.3 Å². The first-order valence-corrected chi connectivity index (χ1v) is 10.6. The zero-order valence-electron chi connectivity index (χ0n) is 17.7. The van der Waals surface area contributed by atoms with Gasteiger partial charge in [0, 0.05) is 24.6 Å². The average molecular weight is 445 g/mol. The summed E-state index contributed by atoms with van der Waals surface area (Å²) in [5.41, 5.74) is 3.24. The van der Waals surface area contributed by atoms with Gasteiger partial charge < -0.3 is 5.32 Å². The Morgan fingerprint density at radius 1 is 1.25 bits per heavy atom. The summed E-state index contributed by atoms with van der Waals surface area (Å²) in [5.74, 6) is -0.0532. The molecule has 1 aliphatic carbocycles. The minimum atomic E-state index is -2.47. The average Bonchev–Trinajstić information content (AvgIpc) is 3.44. The van der Waals surface area contributed by atoms with E-state index >= 15 is 0 Å². The minimum Gasteiger partial charge on any atom is -0.333 e. The Labute approximate surface area is 184 Å². The second kappa shape index (κ2) is 9.20. The van der Waals surface area contributed by atoms with E-state index in [2.05, 4.69) is 28.9 Å². The summed E-state index contributed by atoms with van der Waals surface area (Å²) < 4.78 is 40.9. The number of amides is 2. The number of allylic oxidation sites excluding steroid dienone is 2. The van der Waals surface area contributed by atoms with Crippen LogP contribution in [0.1, 0.15) is 29.2 Å². The number of aryl methyl sites for hydroxylation is 1. The van der Waals surface area contributed by atoms with E-state index in [4.69, 9.17) is 0 Å². The Morgan fingerprint density at radius 3 is 2.69 bits per heavy atom. The molecule has 1 aromatic heterocycles. The van der Waals surface area contributed by atoms with Gasteiger partial charge in [-0.2, -0.15) is 5.10 Å². The summed E-state index contributed by atoms with van der Waals surface area (Å²) in [4.78, 5) is 14.6. The highest BCUT2D eigenvalue weighted by molar-refractivity contribution is 5.90. The van der Waals surface area contributed by atoms with Gasteiger partial charge in [0.1, 0.15) is 11.6 Å². The number of hydrogen-bond donors (Lipinski definition) is 2. The van der Waals surface area contributed by atoms with Crippen molar-refractivity contribution in [2.75, 3.05) is 25.0 Å². The van der Waals surface area contributed by atoms with Crippen LogP contribution < -0.4 is 10.6 Å². The molecule has 2 N–H and O–H groups in total. The minimum absolute atomic E-state index is 0.237. The molecule has 0 saturated carbocycles. The molecule has 2 aliphatic rings. The molecule has 0 radical (unpaired) electrons. The maximum Gasteiger partial charge on any atom is 0.320 e. The van der Waals surface area contributed by atoms with Gasteiger partial charge in [-0.15, -0.1) is 0 Å². The summed E-state index contributed by atoms with van der Waals surface area (Å²) in [6.45, 7) is 7.89. The van der Waals surface area contributed by atoms with Crippen molar-refractivity contribution >= 4 is 17.5 Å². The molecule has 4 rings (SSSR count). The molecule has 170 valence electrons. The van der Waals surface area contributed by atoms with Crippen LogP contribution in [0.25, 0.3) is 5.70 Å². The lowest BCUT2D eigenvalue weighted by Crippen LogP contribution is -2.42. The number of rotatable bonds is 7. The number of alkyl halides is 2. The number of urea groups is 1. The molecule has 1 aromatic carbocycles. The third kappa shape index (κ3) is 4.57. The largest absolute Gasteiger partial charge is 0.333 e. The molecule has 1 aliphatic heterocycles. The molecule has 0 spiro atoms. The number of hydrogen-bond acceptors (Lipinski definition) is 3. The van der Waals surface area contributed by atoms with Gasteiger partial charge in [-0.3, -0.25) is 10.2 Å². The number of nitrogens with zero attached hydrogens (tertiary/aromatic N) is 3. The highest BCUT2D eigenvalue weighted by Crippen LogP contribution is 2.31. The van der Waals surface area contributed by atoms with Crippen molar-refractivity contribution in [3.63, 3.8) is 0 Å². The van der Waals surface area contributed by atoms with Crippen molar-refractivity contribution < 1.29 is 18.0 Å². The number of anilines is 1. The van der Waals surface area contributed by atoms with Crippen molar-refractivity contribution in [1.82, 2.24) is 20.0 Å². The molecule has 2 amide bonds. The second-order valence-electron chi connectivity index (χ2n) is 8.21. The van der Waals surface area contributed by atoms with Crippen LogP contribution in [0, 0.1) is 5.82 Å². The quantitative estimate of drug-likeness (QED) is 0.633. The van der Waals surface area contributed by atoms with E-state index in [9.17, 15) is 18.0 Å². The van der Waals surface area contributed by atoms with E-state index in [1.54, 1.807) is 27.8 Å². The Hall–Kier alpha value is -3.07. The van der Waals surface area contributed by atoms with Crippen LogP contribution in [0.4, 0.5) is 23.8 Å². The van der Waals surface area contributed by atoms with Crippen LogP contribution in [0.5, 0.6) is 0 Å². The van der Waals surface area contributed by atoms with Gasteiger partial charge in [0.15, 0.2) is 0 Å². The normalized spacial score (nSPS) is 20.4. The summed E-state index contributed by atoms with van der Waals surface area (Å²) in [6, 6.07) is 5.08. The molecule has 2 unspecified atom stereocenters. The Balaban J connectivity index is 1.52. The molecule has 6 nitrogen and oxygen atoms in total. The monoisotopic (exact) mass is 445 g/mol. The number of nitrogens with one attached hydrogen (secondary N) is 2. The fourth-order valence-electron chi connectivity index (χ4n) is 4.55. The fraction of sp³-hybridized carbons (Fsp3) is 0.391. The highest BCUT2D eigenvalue weighted by Gasteiger charge is 2.36. The molecule has 2 heterocycles. The van der Waals surface area contributed by atoms with Crippen molar-refractivity contribution in [2.24, 2.45) is 0 Å². The fourth-order valence-corrected chi connectivity index (χ4v) is 4.55. The molecule has 1 saturated heterocycles. The van der Waals surface area contributed by atoms with Crippen molar-refractivity contribution in [1.29, 1.82) is 0 Å². The number of halogens is 3. The molecular formula is C23H26F3N5O. The zero-order valence-corrected chi connectivity index (χ0v) is 17.7.